The van der Waals surface area contributed by atoms with E-state index in [2.05, 4.69) is 31.0 Å². The fraction of sp³-hybridized carbons (Fsp3) is 0.385. The molecule has 2 rings (SSSR count). The normalized spacial score (nSPS) is 11.8. The van der Waals surface area contributed by atoms with Gasteiger partial charge < -0.3 is 0 Å². The summed E-state index contributed by atoms with van der Waals surface area (Å²) in [5, 5.41) is 8.55. The molecule has 0 saturated heterocycles. The zero-order valence-electron chi connectivity index (χ0n) is 10.3. The summed E-state index contributed by atoms with van der Waals surface area (Å²) in [7, 11) is 0. The van der Waals surface area contributed by atoms with Gasteiger partial charge in [-0.2, -0.15) is 0 Å². The minimum Gasteiger partial charge on any atom is -0.297 e. The first-order valence-corrected chi connectivity index (χ1v) is 5.99. The Labute approximate surface area is 106 Å². The monoisotopic (exact) mass is 249 g/mol. The van der Waals surface area contributed by atoms with Gasteiger partial charge in [0, 0.05) is 12.1 Å². The topological polar surface area (TPSA) is 30.7 Å². The van der Waals surface area contributed by atoms with E-state index >= 15 is 0 Å². The van der Waals surface area contributed by atoms with Crippen LogP contribution < -0.4 is 0 Å². The summed E-state index contributed by atoms with van der Waals surface area (Å²) in [6.07, 6.45) is 0. The standard InChI is InChI=1S/C13H16ClN3/c1-13(2,3)9-17-11(15-16-12(17)14)10-7-5-4-6-8-10/h4-8H,9H2,1-3H3. The second kappa shape index (κ2) is 4.49. The molecule has 17 heavy (non-hydrogen) atoms. The smallest absolute Gasteiger partial charge is 0.225 e. The predicted molar refractivity (Wildman–Crippen MR) is 69.9 cm³/mol. The molecule has 0 radical (unpaired) electrons. The van der Waals surface area contributed by atoms with E-state index in [9.17, 15) is 0 Å². The van der Waals surface area contributed by atoms with Gasteiger partial charge in [0.15, 0.2) is 5.82 Å². The molecule has 0 aliphatic carbocycles. The summed E-state index contributed by atoms with van der Waals surface area (Å²) < 4.78 is 1.96. The van der Waals surface area contributed by atoms with Crippen molar-refractivity contribution in [1.29, 1.82) is 0 Å². The van der Waals surface area contributed by atoms with E-state index < -0.39 is 0 Å². The molecule has 0 fully saturated rings. The van der Waals surface area contributed by atoms with Gasteiger partial charge in [0.1, 0.15) is 0 Å². The second-order valence-corrected chi connectivity index (χ2v) is 5.64. The molecular formula is C13H16ClN3. The average molecular weight is 250 g/mol. The van der Waals surface area contributed by atoms with Gasteiger partial charge in [-0.05, 0) is 17.0 Å². The fourth-order valence-electron chi connectivity index (χ4n) is 1.70. The zero-order valence-corrected chi connectivity index (χ0v) is 11.1. The Kier molecular flexibility index (Phi) is 3.20. The van der Waals surface area contributed by atoms with Crippen molar-refractivity contribution < 1.29 is 0 Å². The maximum Gasteiger partial charge on any atom is 0.225 e. The van der Waals surface area contributed by atoms with Crippen LogP contribution in [0.15, 0.2) is 30.3 Å². The molecule has 0 unspecified atom stereocenters. The largest absolute Gasteiger partial charge is 0.297 e. The lowest BCUT2D eigenvalue weighted by atomic mass is 9.97. The molecule has 90 valence electrons. The summed E-state index contributed by atoms with van der Waals surface area (Å²) in [6, 6.07) is 9.98. The van der Waals surface area contributed by atoms with Gasteiger partial charge in [0.25, 0.3) is 0 Å². The third-order valence-electron chi connectivity index (χ3n) is 2.37. The Morgan fingerprint density at radius 2 is 1.76 bits per heavy atom. The van der Waals surface area contributed by atoms with Crippen LogP contribution in [0.3, 0.4) is 0 Å². The maximum atomic E-state index is 6.09. The van der Waals surface area contributed by atoms with Crippen molar-refractivity contribution in [3.05, 3.63) is 35.6 Å². The van der Waals surface area contributed by atoms with Gasteiger partial charge in [-0.1, -0.05) is 51.1 Å². The predicted octanol–water partition coefficient (Wildman–Crippen LogP) is 3.64. The highest BCUT2D eigenvalue weighted by atomic mass is 35.5. The summed E-state index contributed by atoms with van der Waals surface area (Å²) in [6.45, 7) is 7.29. The minimum absolute atomic E-state index is 0.134. The van der Waals surface area contributed by atoms with Crippen LogP contribution in [0.5, 0.6) is 0 Å². The Hall–Kier alpha value is -1.35. The minimum atomic E-state index is 0.134. The Morgan fingerprint density at radius 1 is 1.12 bits per heavy atom. The lowest BCUT2D eigenvalue weighted by Crippen LogP contribution is -2.16. The quantitative estimate of drug-likeness (QED) is 0.814. The molecule has 0 aliphatic rings. The fourth-order valence-corrected chi connectivity index (χ4v) is 1.88. The number of halogens is 1. The molecule has 0 amide bonds. The van der Waals surface area contributed by atoms with E-state index in [0.29, 0.717) is 5.28 Å². The first kappa shape index (κ1) is 12.1. The molecule has 1 heterocycles. The lowest BCUT2D eigenvalue weighted by molar-refractivity contribution is 0.345. The highest BCUT2D eigenvalue weighted by Gasteiger charge is 2.18. The molecule has 4 heteroatoms. The first-order chi connectivity index (χ1) is 7.97. The molecule has 0 spiro atoms. The number of aromatic nitrogens is 3. The molecule has 1 aromatic carbocycles. The molecule has 0 atom stereocenters. The van der Waals surface area contributed by atoms with Crippen molar-refractivity contribution >= 4 is 11.6 Å². The van der Waals surface area contributed by atoms with Crippen LogP contribution in [-0.4, -0.2) is 14.8 Å². The lowest BCUT2D eigenvalue weighted by Gasteiger charge is -2.20. The first-order valence-electron chi connectivity index (χ1n) is 5.61. The Morgan fingerprint density at radius 3 is 2.35 bits per heavy atom. The molecule has 0 saturated carbocycles. The SMILES string of the molecule is CC(C)(C)Cn1c(Cl)nnc1-c1ccccc1. The Balaban J connectivity index is 2.43. The molecule has 0 aliphatic heterocycles. The summed E-state index contributed by atoms with van der Waals surface area (Å²) in [5.41, 5.74) is 1.17. The van der Waals surface area contributed by atoms with Gasteiger partial charge in [0.2, 0.25) is 5.28 Å². The highest BCUT2D eigenvalue weighted by Crippen LogP contribution is 2.25. The number of rotatable bonds is 2. The van der Waals surface area contributed by atoms with E-state index in [1.54, 1.807) is 0 Å². The van der Waals surface area contributed by atoms with Crippen LogP contribution in [0.2, 0.25) is 5.28 Å². The third-order valence-corrected chi connectivity index (χ3v) is 2.65. The van der Waals surface area contributed by atoms with Crippen LogP contribution in [-0.2, 0) is 6.54 Å². The zero-order chi connectivity index (χ0) is 12.5. The third kappa shape index (κ3) is 2.86. The van der Waals surface area contributed by atoms with E-state index in [-0.39, 0.29) is 5.41 Å². The average Bonchev–Trinajstić information content (AvgIpc) is 2.60. The number of hydrogen-bond donors (Lipinski definition) is 0. The summed E-state index contributed by atoms with van der Waals surface area (Å²) in [5.74, 6) is 0.825. The maximum absolute atomic E-state index is 6.09. The number of benzene rings is 1. The molecule has 1 aromatic heterocycles. The summed E-state index contributed by atoms with van der Waals surface area (Å²) >= 11 is 6.09. The van der Waals surface area contributed by atoms with E-state index in [0.717, 1.165) is 17.9 Å². The van der Waals surface area contributed by atoms with Crippen LogP contribution in [0, 0.1) is 5.41 Å². The van der Waals surface area contributed by atoms with Gasteiger partial charge in [-0.3, -0.25) is 4.57 Å². The van der Waals surface area contributed by atoms with Gasteiger partial charge >= 0.3 is 0 Å². The van der Waals surface area contributed by atoms with Crippen LogP contribution in [0.4, 0.5) is 0 Å². The highest BCUT2D eigenvalue weighted by molar-refractivity contribution is 6.28. The molecule has 3 nitrogen and oxygen atoms in total. The van der Waals surface area contributed by atoms with Gasteiger partial charge in [-0.25, -0.2) is 0 Å². The van der Waals surface area contributed by atoms with Crippen LogP contribution >= 0.6 is 11.6 Å². The van der Waals surface area contributed by atoms with E-state index in [4.69, 9.17) is 11.6 Å². The Bertz CT molecular complexity index is 497. The molecular weight excluding hydrogens is 234 g/mol. The van der Waals surface area contributed by atoms with Crippen molar-refractivity contribution in [1.82, 2.24) is 14.8 Å². The van der Waals surface area contributed by atoms with Crippen LogP contribution in [0.1, 0.15) is 20.8 Å². The van der Waals surface area contributed by atoms with Crippen molar-refractivity contribution in [3.8, 4) is 11.4 Å². The van der Waals surface area contributed by atoms with Gasteiger partial charge in [-0.15, -0.1) is 10.2 Å². The van der Waals surface area contributed by atoms with Crippen molar-refractivity contribution in [3.63, 3.8) is 0 Å². The van der Waals surface area contributed by atoms with E-state index in [1.165, 1.54) is 0 Å². The number of nitrogens with zero attached hydrogens (tertiary/aromatic N) is 3. The number of hydrogen-bond acceptors (Lipinski definition) is 2. The molecule has 0 bridgehead atoms. The van der Waals surface area contributed by atoms with Crippen molar-refractivity contribution in [2.45, 2.75) is 27.3 Å². The van der Waals surface area contributed by atoms with Crippen molar-refractivity contribution in [2.24, 2.45) is 5.41 Å². The molecule has 0 N–H and O–H groups in total. The molecule has 2 aromatic rings. The van der Waals surface area contributed by atoms with Crippen molar-refractivity contribution in [2.75, 3.05) is 0 Å². The van der Waals surface area contributed by atoms with Gasteiger partial charge in [0.05, 0.1) is 0 Å². The van der Waals surface area contributed by atoms with E-state index in [1.807, 2.05) is 34.9 Å². The summed E-state index contributed by atoms with van der Waals surface area (Å²) in [4.78, 5) is 0. The second-order valence-electron chi connectivity index (χ2n) is 5.31. The van der Waals surface area contributed by atoms with Crippen LogP contribution in [0.25, 0.3) is 11.4 Å².